The van der Waals surface area contributed by atoms with Crippen molar-refractivity contribution in [2.24, 2.45) is 16.5 Å². The van der Waals surface area contributed by atoms with Crippen LogP contribution in [0.2, 0.25) is 0 Å². The van der Waals surface area contributed by atoms with Gasteiger partial charge in [0, 0.05) is 42.4 Å². The van der Waals surface area contributed by atoms with Crippen LogP contribution in [-0.4, -0.2) is 53.1 Å². The Morgan fingerprint density at radius 1 is 1.02 bits per heavy atom. The van der Waals surface area contributed by atoms with Gasteiger partial charge in [-0.2, -0.15) is 0 Å². The number of rotatable bonds is 12. The highest BCUT2D eigenvalue weighted by atomic mass is 16.5. The predicted octanol–water partition coefficient (Wildman–Crippen LogP) is 3.58. The number of benzene rings is 3. The molecule has 0 aliphatic heterocycles. The van der Waals surface area contributed by atoms with Gasteiger partial charge in [-0.25, -0.2) is 14.6 Å². The number of carboxylic acids is 1. The molecule has 3 aromatic rings. The summed E-state index contributed by atoms with van der Waals surface area (Å²) in [6, 6.07) is 16.8. The summed E-state index contributed by atoms with van der Waals surface area (Å²) >= 11 is 0. The summed E-state index contributed by atoms with van der Waals surface area (Å²) in [4.78, 5) is 44.3. The maximum atomic E-state index is 13.3. The quantitative estimate of drug-likeness (QED) is 0.0711. The summed E-state index contributed by atoms with van der Waals surface area (Å²) in [5.74, 6) is -3.23. The molecule has 220 valence electrons. The summed E-state index contributed by atoms with van der Waals surface area (Å²) in [5.41, 5.74) is 13.1. The van der Waals surface area contributed by atoms with Crippen molar-refractivity contribution in [3.05, 3.63) is 89.0 Å². The highest BCUT2D eigenvalue weighted by Gasteiger charge is 2.24. The Balaban J connectivity index is 1.88. The van der Waals surface area contributed by atoms with Crippen LogP contribution in [0.15, 0.2) is 77.3 Å². The highest BCUT2D eigenvalue weighted by molar-refractivity contribution is 6.02. The molecule has 1 amide bonds. The number of nitrogens with zero attached hydrogens (tertiary/aromatic N) is 2. The third-order valence-electron chi connectivity index (χ3n) is 6.39. The molecule has 0 saturated heterocycles. The van der Waals surface area contributed by atoms with Crippen LogP contribution in [0.1, 0.15) is 42.3 Å². The number of aliphatic imine (C=N–C) groups is 1. The van der Waals surface area contributed by atoms with Crippen molar-refractivity contribution in [2.45, 2.75) is 33.2 Å². The van der Waals surface area contributed by atoms with Crippen LogP contribution in [0.3, 0.4) is 0 Å². The van der Waals surface area contributed by atoms with Crippen molar-refractivity contribution in [1.82, 2.24) is 5.32 Å². The first-order chi connectivity index (χ1) is 20.0. The Morgan fingerprint density at radius 3 is 2.31 bits per heavy atom. The van der Waals surface area contributed by atoms with Crippen LogP contribution in [0, 0.1) is 0 Å². The molecule has 0 fully saturated rings. The van der Waals surface area contributed by atoms with Crippen molar-refractivity contribution in [2.75, 3.05) is 18.0 Å². The van der Waals surface area contributed by atoms with E-state index in [1.165, 1.54) is 31.2 Å². The molecule has 7 N–H and O–H groups in total. The van der Waals surface area contributed by atoms with E-state index in [1.54, 1.807) is 42.5 Å². The number of hydrogen-bond acceptors (Lipinski definition) is 7. The van der Waals surface area contributed by atoms with Crippen LogP contribution >= 0.6 is 0 Å². The first-order valence-electron chi connectivity index (χ1n) is 13.3. The van der Waals surface area contributed by atoms with E-state index >= 15 is 0 Å². The van der Waals surface area contributed by atoms with Gasteiger partial charge in [-0.3, -0.25) is 4.79 Å². The van der Waals surface area contributed by atoms with E-state index in [-0.39, 0.29) is 40.7 Å². The van der Waals surface area contributed by atoms with Crippen molar-refractivity contribution in [3.63, 3.8) is 0 Å². The summed E-state index contributed by atoms with van der Waals surface area (Å²) in [6.07, 6.45) is 1.50. The Morgan fingerprint density at radius 2 is 1.71 bits per heavy atom. The van der Waals surface area contributed by atoms with Crippen molar-refractivity contribution >= 4 is 41.3 Å². The molecule has 0 spiro atoms. The number of carbonyl (C=O) groups is 3. The Kier molecular flexibility index (Phi) is 10.7. The van der Waals surface area contributed by atoms with Crippen LogP contribution < -0.4 is 26.4 Å². The molecule has 0 radical (unpaired) electrons. The molecule has 0 unspecified atom stereocenters. The molecule has 11 heteroatoms. The van der Waals surface area contributed by atoms with Crippen LogP contribution in [0.4, 0.5) is 11.4 Å². The first-order valence-corrected chi connectivity index (χ1v) is 13.3. The average Bonchev–Trinajstić information content (AvgIpc) is 2.95. The zero-order valence-electron chi connectivity index (χ0n) is 23.7. The minimum Gasteiger partial charge on any atom is -0.507 e. The van der Waals surface area contributed by atoms with Crippen molar-refractivity contribution < 1.29 is 29.3 Å². The second kappa shape index (κ2) is 14.4. The van der Waals surface area contributed by atoms with Gasteiger partial charge in [0.05, 0.1) is 11.3 Å². The second-order valence-electron chi connectivity index (χ2n) is 9.40. The number of phenols is 1. The average molecular weight is 574 g/mol. The fraction of sp³-hybridized carbons (Fsp3) is 0.226. The number of esters is 1. The van der Waals surface area contributed by atoms with E-state index in [2.05, 4.69) is 15.2 Å². The molecular formula is C31H35N5O6. The lowest BCUT2D eigenvalue weighted by molar-refractivity contribution is -0.139. The Bertz CT molecular complexity index is 1490. The van der Waals surface area contributed by atoms with Crippen LogP contribution in [0.5, 0.6) is 11.5 Å². The normalized spacial score (nSPS) is 11.7. The number of ether oxygens (including phenoxy) is 1. The molecule has 0 bridgehead atoms. The maximum Gasteiger partial charge on any atom is 0.339 e. The molecule has 0 aromatic heterocycles. The zero-order chi connectivity index (χ0) is 30.8. The Hall–Kier alpha value is -5.32. The molecule has 42 heavy (non-hydrogen) atoms. The van der Waals surface area contributed by atoms with E-state index < -0.39 is 23.9 Å². The molecule has 0 aliphatic carbocycles. The molecular weight excluding hydrogens is 538 g/mol. The number of aliphatic carboxylic acids is 1. The van der Waals surface area contributed by atoms with Gasteiger partial charge in [-0.05, 0) is 62.7 Å². The molecule has 3 rings (SSSR count). The van der Waals surface area contributed by atoms with Gasteiger partial charge in [0.25, 0.3) is 5.91 Å². The zero-order valence-corrected chi connectivity index (χ0v) is 23.7. The van der Waals surface area contributed by atoms with Crippen molar-refractivity contribution in [3.8, 4) is 11.5 Å². The van der Waals surface area contributed by atoms with Gasteiger partial charge in [-0.1, -0.05) is 30.3 Å². The number of phenolic OH excluding ortho intramolecular Hbond substituents is 1. The summed E-state index contributed by atoms with van der Waals surface area (Å²) in [5, 5.41) is 22.8. The van der Waals surface area contributed by atoms with Gasteiger partial charge >= 0.3 is 11.9 Å². The molecule has 0 aliphatic rings. The number of aromatic hydroxyl groups is 1. The number of nitrogens with two attached hydrogens (primary N) is 2. The third kappa shape index (κ3) is 8.34. The van der Waals surface area contributed by atoms with E-state index in [0.717, 1.165) is 18.8 Å². The van der Waals surface area contributed by atoms with E-state index in [9.17, 15) is 24.6 Å². The summed E-state index contributed by atoms with van der Waals surface area (Å²) in [7, 11) is 0. The largest absolute Gasteiger partial charge is 0.507 e. The van der Waals surface area contributed by atoms with Gasteiger partial charge in [0.2, 0.25) is 0 Å². The smallest absolute Gasteiger partial charge is 0.339 e. The number of amides is 1. The number of hydrogen-bond donors (Lipinski definition) is 5. The Labute approximate surface area is 244 Å². The fourth-order valence-electron chi connectivity index (χ4n) is 4.20. The van der Waals surface area contributed by atoms with Gasteiger partial charge in [-0.15, -0.1) is 0 Å². The summed E-state index contributed by atoms with van der Waals surface area (Å²) in [6.45, 7) is 7.07. The van der Waals surface area contributed by atoms with E-state index in [1.807, 2.05) is 19.9 Å². The molecule has 0 heterocycles. The monoisotopic (exact) mass is 573 g/mol. The topological polar surface area (TPSA) is 181 Å². The summed E-state index contributed by atoms with van der Waals surface area (Å²) < 4.78 is 5.54. The van der Waals surface area contributed by atoms with E-state index in [0.29, 0.717) is 11.1 Å². The fourth-order valence-corrected chi connectivity index (χ4v) is 4.20. The minimum absolute atomic E-state index is 0.00802. The molecule has 11 nitrogen and oxygen atoms in total. The van der Waals surface area contributed by atoms with Crippen molar-refractivity contribution in [1.29, 1.82) is 0 Å². The lowest BCUT2D eigenvalue weighted by Gasteiger charge is -2.21. The highest BCUT2D eigenvalue weighted by Crippen LogP contribution is 2.28. The lowest BCUT2D eigenvalue weighted by atomic mass is 10.1. The van der Waals surface area contributed by atoms with Gasteiger partial charge in [0.1, 0.15) is 17.5 Å². The third-order valence-corrected chi connectivity index (χ3v) is 6.39. The second-order valence-corrected chi connectivity index (χ2v) is 9.40. The molecule has 1 atom stereocenters. The standard InChI is InChI=1S/C31H35N5O6/c1-4-36(5-2)23-13-11-21(26(37)18-23)15-19(3)30(41)42-27-14-12-22(34-31(32)33)17-24(27)28(38)35-25(29(39)40)16-20-9-7-6-8-10-20/h6-15,17-18,25,37H,4-5,16H2,1-3H3,(H,35,38)(H,39,40)(H4,32,33,34)/b19-15+/t25-/m1/s1. The number of carboxylic acid groups (broad SMARTS) is 1. The maximum absolute atomic E-state index is 13.3. The number of nitrogens with one attached hydrogen (secondary N) is 1. The minimum atomic E-state index is -1.26. The van der Waals surface area contributed by atoms with Crippen LogP contribution in [0.25, 0.3) is 6.08 Å². The number of carbonyl (C=O) groups excluding carboxylic acids is 2. The number of anilines is 1. The SMILES string of the molecule is CCN(CC)c1ccc(/C=C(\C)C(=O)Oc2ccc(N=C(N)N)cc2C(=O)N[C@H](Cc2ccccc2)C(=O)O)c(O)c1. The van der Waals surface area contributed by atoms with Crippen LogP contribution in [-0.2, 0) is 16.0 Å². The van der Waals surface area contributed by atoms with E-state index in [4.69, 9.17) is 16.2 Å². The van der Waals surface area contributed by atoms with Gasteiger partial charge < -0.3 is 36.6 Å². The lowest BCUT2D eigenvalue weighted by Crippen LogP contribution is -2.42. The molecule has 0 saturated carbocycles. The van der Waals surface area contributed by atoms with Gasteiger partial charge in [0.15, 0.2) is 5.96 Å². The first kappa shape index (κ1) is 31.2. The molecule has 3 aromatic carbocycles. The number of guanidine groups is 1. The predicted molar refractivity (Wildman–Crippen MR) is 162 cm³/mol.